The van der Waals surface area contributed by atoms with Gasteiger partial charge >= 0.3 is 0 Å². The lowest BCUT2D eigenvalue weighted by Crippen LogP contribution is -2.46. The first-order valence-corrected chi connectivity index (χ1v) is 8.79. The third kappa shape index (κ3) is 4.44. The highest BCUT2D eigenvalue weighted by atomic mass is 32.2. The van der Waals surface area contributed by atoms with Gasteiger partial charge in [-0.05, 0) is 24.5 Å². The summed E-state index contributed by atoms with van der Waals surface area (Å²) in [4.78, 5) is 12.0. The van der Waals surface area contributed by atoms with Gasteiger partial charge < -0.3 is 11.1 Å². The molecule has 6 nitrogen and oxygen atoms in total. The van der Waals surface area contributed by atoms with E-state index in [2.05, 4.69) is 5.32 Å². The molecule has 0 unspecified atom stereocenters. The quantitative estimate of drug-likeness (QED) is 0.785. The summed E-state index contributed by atoms with van der Waals surface area (Å²) in [6.07, 6.45) is 2.75. The number of nitrogens with two attached hydrogens (primary N) is 1. The second kappa shape index (κ2) is 6.44. The zero-order valence-corrected chi connectivity index (χ0v) is 12.9. The van der Waals surface area contributed by atoms with E-state index in [1.165, 1.54) is 10.6 Å². The van der Waals surface area contributed by atoms with Crippen molar-refractivity contribution in [2.24, 2.45) is 0 Å². The zero-order chi connectivity index (χ0) is 15.5. The van der Waals surface area contributed by atoms with E-state index < -0.39 is 10.0 Å². The summed E-state index contributed by atoms with van der Waals surface area (Å²) < 4.78 is 24.3. The van der Waals surface area contributed by atoms with Crippen LogP contribution in [-0.2, 0) is 21.2 Å². The van der Waals surface area contributed by atoms with Gasteiger partial charge in [0.25, 0.3) is 0 Å². The van der Waals surface area contributed by atoms with Crippen LogP contribution in [0.3, 0.4) is 0 Å². The van der Waals surface area contributed by atoms with Crippen LogP contribution in [0.2, 0.25) is 0 Å². The molecule has 1 aliphatic heterocycles. The number of carbonyl (C=O) groups excluding carboxylic acids is 1. The summed E-state index contributed by atoms with van der Waals surface area (Å²) in [5, 5.41) is 2.95. The van der Waals surface area contributed by atoms with E-state index in [1.54, 1.807) is 6.07 Å². The van der Waals surface area contributed by atoms with E-state index in [-0.39, 0.29) is 18.4 Å². The number of piperidine rings is 1. The number of hydrogen-bond donors (Lipinski definition) is 2. The molecule has 0 spiro atoms. The van der Waals surface area contributed by atoms with Gasteiger partial charge in [0.2, 0.25) is 15.9 Å². The lowest BCUT2D eigenvalue weighted by molar-refractivity contribution is -0.121. The van der Waals surface area contributed by atoms with Crippen molar-refractivity contribution < 1.29 is 13.2 Å². The summed E-state index contributed by atoms with van der Waals surface area (Å²) >= 11 is 0. The molecular formula is C14H21N3O3S. The van der Waals surface area contributed by atoms with E-state index in [9.17, 15) is 13.2 Å². The Labute approximate surface area is 125 Å². The molecule has 116 valence electrons. The molecule has 1 amide bonds. The maximum absolute atomic E-state index is 12.0. The van der Waals surface area contributed by atoms with Crippen molar-refractivity contribution in [1.82, 2.24) is 9.62 Å². The minimum Gasteiger partial charge on any atom is -0.398 e. The Bertz CT molecular complexity index is 608. The molecule has 0 radical (unpaired) electrons. The molecule has 1 aromatic carbocycles. The number of nitrogen functional groups attached to an aromatic ring is 1. The van der Waals surface area contributed by atoms with Gasteiger partial charge in [0.1, 0.15) is 0 Å². The monoisotopic (exact) mass is 311 g/mol. The number of para-hydroxylation sites is 1. The predicted octanol–water partition coefficient (Wildman–Crippen LogP) is 0.352. The summed E-state index contributed by atoms with van der Waals surface area (Å²) in [5.41, 5.74) is 7.23. The van der Waals surface area contributed by atoms with Crippen LogP contribution in [0.1, 0.15) is 18.4 Å². The van der Waals surface area contributed by atoms with Gasteiger partial charge in [-0.2, -0.15) is 0 Å². The summed E-state index contributed by atoms with van der Waals surface area (Å²) in [6.45, 7) is 0.911. The van der Waals surface area contributed by atoms with E-state index >= 15 is 0 Å². The lowest BCUT2D eigenvalue weighted by atomic mass is 10.1. The molecule has 1 heterocycles. The summed E-state index contributed by atoms with van der Waals surface area (Å²) in [7, 11) is -3.13. The van der Waals surface area contributed by atoms with E-state index in [4.69, 9.17) is 5.73 Å². The van der Waals surface area contributed by atoms with Crippen LogP contribution in [0.5, 0.6) is 0 Å². The van der Waals surface area contributed by atoms with Gasteiger partial charge in [-0.15, -0.1) is 0 Å². The van der Waals surface area contributed by atoms with Crippen molar-refractivity contribution in [3.8, 4) is 0 Å². The average Bonchev–Trinajstić information content (AvgIpc) is 2.41. The Kier molecular flexibility index (Phi) is 4.84. The number of nitrogens with one attached hydrogen (secondary N) is 1. The molecule has 3 N–H and O–H groups in total. The Morgan fingerprint density at radius 3 is 2.52 bits per heavy atom. The largest absolute Gasteiger partial charge is 0.398 e. The van der Waals surface area contributed by atoms with Crippen LogP contribution in [-0.4, -0.2) is 44.0 Å². The molecule has 0 saturated carbocycles. The number of sulfonamides is 1. The number of hydrogen-bond acceptors (Lipinski definition) is 4. The van der Waals surface area contributed by atoms with Gasteiger partial charge in [0, 0.05) is 24.8 Å². The number of anilines is 1. The Balaban J connectivity index is 1.84. The van der Waals surface area contributed by atoms with Crippen molar-refractivity contribution in [3.63, 3.8) is 0 Å². The highest BCUT2D eigenvalue weighted by Crippen LogP contribution is 2.14. The minimum absolute atomic E-state index is 0.0282. The fourth-order valence-electron chi connectivity index (χ4n) is 2.48. The number of nitrogens with zero attached hydrogens (tertiary/aromatic N) is 1. The highest BCUT2D eigenvalue weighted by molar-refractivity contribution is 7.88. The topological polar surface area (TPSA) is 92.5 Å². The van der Waals surface area contributed by atoms with Crippen LogP contribution >= 0.6 is 0 Å². The second-order valence-electron chi connectivity index (χ2n) is 5.38. The van der Waals surface area contributed by atoms with Crippen molar-refractivity contribution in [3.05, 3.63) is 29.8 Å². The van der Waals surface area contributed by atoms with Gasteiger partial charge in [-0.3, -0.25) is 4.79 Å². The average molecular weight is 311 g/mol. The Morgan fingerprint density at radius 2 is 1.95 bits per heavy atom. The first kappa shape index (κ1) is 15.8. The van der Waals surface area contributed by atoms with Gasteiger partial charge in [-0.25, -0.2) is 12.7 Å². The smallest absolute Gasteiger partial charge is 0.224 e. The first-order chi connectivity index (χ1) is 9.86. The lowest BCUT2D eigenvalue weighted by Gasteiger charge is -2.30. The fourth-order valence-corrected chi connectivity index (χ4v) is 3.35. The molecule has 1 fully saturated rings. The van der Waals surface area contributed by atoms with Crippen molar-refractivity contribution in [2.75, 3.05) is 25.1 Å². The number of carbonyl (C=O) groups is 1. The van der Waals surface area contributed by atoms with E-state index in [1.807, 2.05) is 18.2 Å². The molecule has 1 aromatic rings. The molecular weight excluding hydrogens is 290 g/mol. The van der Waals surface area contributed by atoms with Gasteiger partial charge in [0.05, 0.1) is 12.7 Å². The van der Waals surface area contributed by atoms with Gasteiger partial charge in [0.15, 0.2) is 0 Å². The maximum atomic E-state index is 12.0. The summed E-state index contributed by atoms with van der Waals surface area (Å²) in [6, 6.07) is 7.32. The van der Waals surface area contributed by atoms with Crippen LogP contribution < -0.4 is 11.1 Å². The van der Waals surface area contributed by atoms with Crippen LogP contribution in [0.4, 0.5) is 5.69 Å². The Morgan fingerprint density at radius 1 is 1.33 bits per heavy atom. The molecule has 7 heteroatoms. The standard InChI is InChI=1S/C14H21N3O3S/c1-21(19,20)17-8-6-12(7-9-17)16-14(18)10-11-4-2-3-5-13(11)15/h2-5,12H,6-10,15H2,1H3,(H,16,18). The van der Waals surface area contributed by atoms with Crippen LogP contribution in [0.15, 0.2) is 24.3 Å². The molecule has 1 saturated heterocycles. The maximum Gasteiger partial charge on any atom is 0.224 e. The third-order valence-corrected chi connectivity index (χ3v) is 5.00. The third-order valence-electron chi connectivity index (χ3n) is 3.69. The van der Waals surface area contributed by atoms with Crippen LogP contribution in [0.25, 0.3) is 0 Å². The molecule has 0 aromatic heterocycles. The molecule has 2 rings (SSSR count). The van der Waals surface area contributed by atoms with Crippen molar-refractivity contribution >= 4 is 21.6 Å². The van der Waals surface area contributed by atoms with Gasteiger partial charge in [-0.1, -0.05) is 18.2 Å². The van der Waals surface area contributed by atoms with Crippen molar-refractivity contribution in [1.29, 1.82) is 0 Å². The number of rotatable bonds is 4. The molecule has 0 aliphatic carbocycles. The minimum atomic E-state index is -3.13. The SMILES string of the molecule is CS(=O)(=O)N1CCC(NC(=O)Cc2ccccc2N)CC1. The predicted molar refractivity (Wildman–Crippen MR) is 82.1 cm³/mol. The molecule has 1 aliphatic rings. The first-order valence-electron chi connectivity index (χ1n) is 6.94. The van der Waals surface area contributed by atoms with Crippen LogP contribution in [0, 0.1) is 0 Å². The number of benzene rings is 1. The highest BCUT2D eigenvalue weighted by Gasteiger charge is 2.25. The van der Waals surface area contributed by atoms with E-state index in [0.717, 1.165) is 5.56 Å². The fraction of sp³-hybridized carbons (Fsp3) is 0.500. The second-order valence-corrected chi connectivity index (χ2v) is 7.36. The molecule has 0 atom stereocenters. The van der Waals surface area contributed by atoms with Crippen molar-refractivity contribution in [2.45, 2.75) is 25.3 Å². The zero-order valence-electron chi connectivity index (χ0n) is 12.1. The summed E-state index contributed by atoms with van der Waals surface area (Å²) in [5.74, 6) is -0.0781. The molecule has 0 bridgehead atoms. The Hall–Kier alpha value is -1.60. The molecule has 21 heavy (non-hydrogen) atoms. The number of amides is 1. The van der Waals surface area contributed by atoms with E-state index in [0.29, 0.717) is 31.6 Å². The normalized spacial score (nSPS) is 17.6.